The highest BCUT2D eigenvalue weighted by Gasteiger charge is 2.20. The third-order valence-electron chi connectivity index (χ3n) is 3.50. The van der Waals surface area contributed by atoms with Crippen molar-refractivity contribution in [2.24, 2.45) is 5.73 Å². The Bertz CT molecular complexity index is 423. The molecular weight excluding hydrogens is 262 g/mol. The fourth-order valence-electron chi connectivity index (χ4n) is 2.56. The van der Waals surface area contributed by atoms with Gasteiger partial charge in [0, 0.05) is 11.1 Å². The lowest BCUT2D eigenvalue weighted by atomic mass is 9.90. The maximum Gasteiger partial charge on any atom is 0.162 e. The Labute approximate surface area is 120 Å². The zero-order valence-electron chi connectivity index (χ0n) is 11.5. The molecule has 1 aliphatic rings. The van der Waals surface area contributed by atoms with Crippen LogP contribution in [0.2, 0.25) is 5.02 Å². The summed E-state index contributed by atoms with van der Waals surface area (Å²) in [4.78, 5) is 0. The first-order valence-corrected chi connectivity index (χ1v) is 7.43. The van der Waals surface area contributed by atoms with Crippen molar-refractivity contribution in [2.45, 2.75) is 38.5 Å². The zero-order valence-corrected chi connectivity index (χ0v) is 12.2. The predicted molar refractivity (Wildman–Crippen MR) is 78.4 cm³/mol. The first-order chi connectivity index (χ1) is 9.26. The summed E-state index contributed by atoms with van der Waals surface area (Å²) in [5.41, 5.74) is 6.79. The number of hydrogen-bond acceptors (Lipinski definition) is 3. The van der Waals surface area contributed by atoms with Crippen molar-refractivity contribution in [2.75, 3.05) is 19.8 Å². The fourth-order valence-corrected chi connectivity index (χ4v) is 2.87. The second-order valence-corrected chi connectivity index (χ2v) is 5.34. The molecule has 2 N–H and O–H groups in total. The van der Waals surface area contributed by atoms with Crippen LogP contribution in [0.1, 0.15) is 44.1 Å². The van der Waals surface area contributed by atoms with Gasteiger partial charge in [-0.15, -0.1) is 0 Å². The van der Waals surface area contributed by atoms with Crippen LogP contribution in [-0.4, -0.2) is 19.8 Å². The molecule has 0 saturated heterocycles. The van der Waals surface area contributed by atoms with E-state index in [4.69, 9.17) is 26.8 Å². The summed E-state index contributed by atoms with van der Waals surface area (Å²) in [6.07, 6.45) is 4.36. The van der Waals surface area contributed by atoms with E-state index in [1.165, 1.54) is 5.56 Å². The number of fused-ring (bicyclic) bond motifs is 1. The Balaban J connectivity index is 2.25. The molecule has 0 bridgehead atoms. The number of ether oxygens (including phenoxy) is 2. The van der Waals surface area contributed by atoms with Gasteiger partial charge in [0.05, 0.1) is 0 Å². The van der Waals surface area contributed by atoms with Gasteiger partial charge in [0.15, 0.2) is 11.5 Å². The molecule has 19 heavy (non-hydrogen) atoms. The third kappa shape index (κ3) is 3.54. The standard InChI is InChI=1S/C15H22ClNO2/c1-2-4-11(5-3-6-17)12-9-14-15(10-13(12)16)19-8-7-18-14/h9-11H,2-8,17H2,1H3. The second kappa shape index (κ2) is 7.01. The summed E-state index contributed by atoms with van der Waals surface area (Å²) in [7, 11) is 0. The molecule has 0 aromatic heterocycles. The minimum atomic E-state index is 0.455. The summed E-state index contributed by atoms with van der Waals surface area (Å²) in [5.74, 6) is 2.03. The molecule has 0 fully saturated rings. The minimum Gasteiger partial charge on any atom is -0.486 e. The van der Waals surface area contributed by atoms with Crippen molar-refractivity contribution in [3.63, 3.8) is 0 Å². The monoisotopic (exact) mass is 283 g/mol. The van der Waals surface area contributed by atoms with E-state index in [2.05, 4.69) is 6.92 Å². The third-order valence-corrected chi connectivity index (χ3v) is 3.82. The number of halogens is 1. The largest absolute Gasteiger partial charge is 0.486 e. The van der Waals surface area contributed by atoms with E-state index in [0.717, 1.165) is 48.7 Å². The van der Waals surface area contributed by atoms with Crippen LogP contribution < -0.4 is 15.2 Å². The van der Waals surface area contributed by atoms with Crippen LogP contribution in [0.4, 0.5) is 0 Å². The molecule has 1 aromatic rings. The first-order valence-electron chi connectivity index (χ1n) is 7.05. The summed E-state index contributed by atoms with van der Waals surface area (Å²) in [6.45, 7) is 4.12. The molecule has 0 aliphatic carbocycles. The van der Waals surface area contributed by atoms with E-state index in [9.17, 15) is 0 Å². The van der Waals surface area contributed by atoms with E-state index in [0.29, 0.717) is 19.1 Å². The molecule has 4 heteroatoms. The number of benzene rings is 1. The average Bonchev–Trinajstić information content (AvgIpc) is 2.43. The van der Waals surface area contributed by atoms with Gasteiger partial charge in [-0.1, -0.05) is 24.9 Å². The highest BCUT2D eigenvalue weighted by atomic mass is 35.5. The van der Waals surface area contributed by atoms with Crippen molar-refractivity contribution in [1.82, 2.24) is 0 Å². The summed E-state index contributed by atoms with van der Waals surface area (Å²) in [5, 5.41) is 0.778. The van der Waals surface area contributed by atoms with Crippen LogP contribution in [0.3, 0.4) is 0 Å². The van der Waals surface area contributed by atoms with E-state index < -0.39 is 0 Å². The molecule has 3 nitrogen and oxygen atoms in total. The second-order valence-electron chi connectivity index (χ2n) is 4.93. The lowest BCUT2D eigenvalue weighted by Gasteiger charge is -2.23. The van der Waals surface area contributed by atoms with Crippen molar-refractivity contribution in [3.05, 3.63) is 22.7 Å². The minimum absolute atomic E-state index is 0.455. The van der Waals surface area contributed by atoms with Crippen molar-refractivity contribution < 1.29 is 9.47 Å². The van der Waals surface area contributed by atoms with Crippen molar-refractivity contribution in [3.8, 4) is 11.5 Å². The molecule has 106 valence electrons. The Hall–Kier alpha value is -0.930. The van der Waals surface area contributed by atoms with Crippen molar-refractivity contribution >= 4 is 11.6 Å². The lowest BCUT2D eigenvalue weighted by molar-refractivity contribution is 0.171. The number of hydrogen-bond donors (Lipinski definition) is 1. The summed E-state index contributed by atoms with van der Waals surface area (Å²) < 4.78 is 11.2. The molecule has 0 saturated carbocycles. The highest BCUT2D eigenvalue weighted by Crippen LogP contribution is 2.40. The molecule has 1 atom stereocenters. The van der Waals surface area contributed by atoms with Gasteiger partial charge in [0.2, 0.25) is 0 Å². The van der Waals surface area contributed by atoms with Gasteiger partial charge >= 0.3 is 0 Å². The van der Waals surface area contributed by atoms with E-state index >= 15 is 0 Å². The highest BCUT2D eigenvalue weighted by molar-refractivity contribution is 6.31. The molecule has 1 unspecified atom stereocenters. The number of rotatable bonds is 6. The lowest BCUT2D eigenvalue weighted by Crippen LogP contribution is -2.16. The van der Waals surface area contributed by atoms with Gasteiger partial charge in [0.25, 0.3) is 0 Å². The zero-order chi connectivity index (χ0) is 13.7. The smallest absolute Gasteiger partial charge is 0.162 e. The predicted octanol–water partition coefficient (Wildman–Crippen LogP) is 3.73. The maximum absolute atomic E-state index is 6.40. The Kier molecular flexibility index (Phi) is 5.34. The van der Waals surface area contributed by atoms with Gasteiger partial charge < -0.3 is 15.2 Å². The van der Waals surface area contributed by atoms with Crippen molar-refractivity contribution in [1.29, 1.82) is 0 Å². The van der Waals surface area contributed by atoms with Gasteiger partial charge in [-0.05, 0) is 43.4 Å². The van der Waals surface area contributed by atoms with Crippen LogP contribution in [0.5, 0.6) is 11.5 Å². The quantitative estimate of drug-likeness (QED) is 0.865. The summed E-state index contributed by atoms with van der Waals surface area (Å²) in [6, 6.07) is 3.93. The molecule has 2 rings (SSSR count). The molecule has 0 radical (unpaired) electrons. The Morgan fingerprint density at radius 1 is 1.21 bits per heavy atom. The van der Waals surface area contributed by atoms with Gasteiger partial charge in [-0.25, -0.2) is 0 Å². The van der Waals surface area contributed by atoms with Crippen LogP contribution in [0.15, 0.2) is 12.1 Å². The molecule has 1 aromatic carbocycles. The molecule has 1 aliphatic heterocycles. The van der Waals surface area contributed by atoms with Crippen LogP contribution in [-0.2, 0) is 0 Å². The number of nitrogens with two attached hydrogens (primary N) is 1. The van der Waals surface area contributed by atoms with Crippen LogP contribution in [0, 0.1) is 0 Å². The Morgan fingerprint density at radius 3 is 2.53 bits per heavy atom. The average molecular weight is 284 g/mol. The summed E-state index contributed by atoms with van der Waals surface area (Å²) >= 11 is 6.40. The normalized spacial score (nSPS) is 15.3. The molecule has 1 heterocycles. The van der Waals surface area contributed by atoms with Crippen LogP contribution >= 0.6 is 11.6 Å². The van der Waals surface area contributed by atoms with Gasteiger partial charge in [-0.3, -0.25) is 0 Å². The molecule has 0 spiro atoms. The van der Waals surface area contributed by atoms with Gasteiger partial charge in [0.1, 0.15) is 13.2 Å². The Morgan fingerprint density at radius 2 is 1.89 bits per heavy atom. The van der Waals surface area contributed by atoms with Crippen LogP contribution in [0.25, 0.3) is 0 Å². The SMILES string of the molecule is CCCC(CCCN)c1cc2c(cc1Cl)OCCO2. The first kappa shape index (κ1) is 14.5. The molecular formula is C15H22ClNO2. The van der Waals surface area contributed by atoms with E-state index in [-0.39, 0.29) is 0 Å². The maximum atomic E-state index is 6.40. The fraction of sp³-hybridized carbons (Fsp3) is 0.600. The van der Waals surface area contributed by atoms with Gasteiger partial charge in [-0.2, -0.15) is 0 Å². The van der Waals surface area contributed by atoms with E-state index in [1.807, 2.05) is 12.1 Å². The topological polar surface area (TPSA) is 44.5 Å². The van der Waals surface area contributed by atoms with E-state index in [1.54, 1.807) is 0 Å². The molecule has 0 amide bonds.